The first-order chi connectivity index (χ1) is 8.56. The van der Waals surface area contributed by atoms with Gasteiger partial charge in [-0.1, -0.05) is 12.8 Å². The molecule has 104 valence electrons. The molecule has 0 bridgehead atoms. The summed E-state index contributed by atoms with van der Waals surface area (Å²) in [5, 5.41) is 0. The standard InChI is InChI=1S/C11H18BrNO2S3/c1-16-9-5-3-2-4-8-13-18(14,15)11-7-6-10(12)17-11/h6-7,13H,2-5,8-9H2,1H3. The van der Waals surface area contributed by atoms with Crippen LogP contribution in [0.3, 0.4) is 0 Å². The normalized spacial score (nSPS) is 11.9. The van der Waals surface area contributed by atoms with Crippen LogP contribution in [0.2, 0.25) is 0 Å². The molecule has 1 heterocycles. The van der Waals surface area contributed by atoms with E-state index in [0.717, 1.165) is 16.6 Å². The molecule has 1 N–H and O–H groups in total. The number of thioether (sulfide) groups is 1. The fourth-order valence-electron chi connectivity index (χ4n) is 1.44. The molecule has 0 amide bonds. The molecule has 0 fully saturated rings. The molecule has 0 radical (unpaired) electrons. The number of thiophene rings is 1. The monoisotopic (exact) mass is 371 g/mol. The molecule has 0 saturated carbocycles. The molecule has 3 nitrogen and oxygen atoms in total. The first kappa shape index (κ1) is 16.5. The molecular formula is C11H18BrNO2S3. The molecule has 0 aliphatic rings. The van der Waals surface area contributed by atoms with Crippen LogP contribution in [-0.4, -0.2) is 27.0 Å². The molecule has 1 aromatic heterocycles. The highest BCUT2D eigenvalue weighted by molar-refractivity contribution is 9.11. The SMILES string of the molecule is CSCCCCCCNS(=O)(=O)c1ccc(Br)s1. The largest absolute Gasteiger partial charge is 0.250 e. The minimum Gasteiger partial charge on any atom is -0.210 e. The summed E-state index contributed by atoms with van der Waals surface area (Å²) in [5.74, 6) is 1.19. The lowest BCUT2D eigenvalue weighted by Crippen LogP contribution is -2.23. The van der Waals surface area contributed by atoms with Crippen LogP contribution in [0.1, 0.15) is 25.7 Å². The second-order valence-electron chi connectivity index (χ2n) is 3.86. The summed E-state index contributed by atoms with van der Waals surface area (Å²) in [7, 11) is -3.30. The zero-order valence-corrected chi connectivity index (χ0v) is 14.4. The Morgan fingerprint density at radius 3 is 2.61 bits per heavy atom. The van der Waals surface area contributed by atoms with Crippen molar-refractivity contribution < 1.29 is 8.42 Å². The number of hydrogen-bond acceptors (Lipinski definition) is 4. The van der Waals surface area contributed by atoms with Gasteiger partial charge in [-0.2, -0.15) is 11.8 Å². The molecule has 0 aliphatic heterocycles. The van der Waals surface area contributed by atoms with Crippen LogP contribution < -0.4 is 4.72 Å². The highest BCUT2D eigenvalue weighted by Gasteiger charge is 2.15. The van der Waals surface area contributed by atoms with Crippen molar-refractivity contribution in [3.8, 4) is 0 Å². The summed E-state index contributed by atoms with van der Waals surface area (Å²) >= 11 is 6.35. The van der Waals surface area contributed by atoms with Gasteiger partial charge in [0.05, 0.1) is 3.79 Å². The third-order valence-corrected chi connectivity index (χ3v) is 6.65. The number of rotatable bonds is 9. The Bertz CT molecular complexity index is 445. The molecule has 0 aliphatic carbocycles. The van der Waals surface area contributed by atoms with Gasteiger partial charge in [0.1, 0.15) is 4.21 Å². The number of hydrogen-bond donors (Lipinski definition) is 1. The van der Waals surface area contributed by atoms with Gasteiger partial charge in [-0.3, -0.25) is 0 Å². The molecule has 0 spiro atoms. The lowest BCUT2D eigenvalue weighted by Gasteiger charge is -2.04. The number of halogens is 1. The van der Waals surface area contributed by atoms with Gasteiger partial charge in [0.15, 0.2) is 0 Å². The van der Waals surface area contributed by atoms with Crippen LogP contribution in [0.5, 0.6) is 0 Å². The first-order valence-corrected chi connectivity index (χ1v) is 10.3. The van der Waals surface area contributed by atoms with E-state index in [0.29, 0.717) is 10.8 Å². The molecule has 7 heteroatoms. The smallest absolute Gasteiger partial charge is 0.210 e. The van der Waals surface area contributed by atoms with E-state index in [1.54, 1.807) is 12.1 Å². The molecule has 0 aromatic carbocycles. The van der Waals surface area contributed by atoms with Gasteiger partial charge in [0.2, 0.25) is 10.0 Å². The Morgan fingerprint density at radius 2 is 2.00 bits per heavy atom. The Labute approximate surface area is 126 Å². The van der Waals surface area contributed by atoms with E-state index in [1.807, 2.05) is 11.8 Å². The maximum atomic E-state index is 11.9. The van der Waals surface area contributed by atoms with E-state index in [4.69, 9.17) is 0 Å². The van der Waals surface area contributed by atoms with Crippen LogP contribution in [-0.2, 0) is 10.0 Å². The minimum atomic E-state index is -3.30. The van der Waals surface area contributed by atoms with Crippen molar-refractivity contribution in [2.24, 2.45) is 0 Å². The van der Waals surface area contributed by atoms with Crippen molar-refractivity contribution >= 4 is 49.1 Å². The van der Waals surface area contributed by atoms with Crippen molar-refractivity contribution in [2.75, 3.05) is 18.6 Å². The lowest BCUT2D eigenvalue weighted by atomic mass is 10.2. The second kappa shape index (κ2) is 8.58. The fourth-order valence-corrected chi connectivity index (χ4v) is 5.07. The summed E-state index contributed by atoms with van der Waals surface area (Å²) < 4.78 is 27.6. The van der Waals surface area contributed by atoms with Gasteiger partial charge >= 0.3 is 0 Å². The van der Waals surface area contributed by atoms with Crippen LogP contribution >= 0.6 is 39.0 Å². The van der Waals surface area contributed by atoms with E-state index < -0.39 is 10.0 Å². The highest BCUT2D eigenvalue weighted by Crippen LogP contribution is 2.25. The quantitative estimate of drug-likeness (QED) is 0.672. The fraction of sp³-hybridized carbons (Fsp3) is 0.636. The Morgan fingerprint density at radius 1 is 1.28 bits per heavy atom. The van der Waals surface area contributed by atoms with Gasteiger partial charge in [0, 0.05) is 6.54 Å². The second-order valence-corrected chi connectivity index (χ2v) is 9.31. The number of unbranched alkanes of at least 4 members (excludes halogenated alkanes) is 3. The van der Waals surface area contributed by atoms with E-state index in [-0.39, 0.29) is 0 Å². The van der Waals surface area contributed by atoms with Gasteiger partial charge in [-0.15, -0.1) is 11.3 Å². The molecule has 18 heavy (non-hydrogen) atoms. The average molecular weight is 372 g/mol. The summed E-state index contributed by atoms with van der Waals surface area (Å²) in [5.41, 5.74) is 0. The zero-order valence-electron chi connectivity index (χ0n) is 10.3. The molecule has 0 saturated heterocycles. The van der Waals surface area contributed by atoms with E-state index in [1.165, 1.54) is 29.9 Å². The van der Waals surface area contributed by atoms with Crippen LogP contribution in [0.15, 0.2) is 20.1 Å². The first-order valence-electron chi connectivity index (χ1n) is 5.80. The van der Waals surface area contributed by atoms with Gasteiger partial charge in [-0.05, 0) is 52.9 Å². The van der Waals surface area contributed by atoms with Crippen molar-refractivity contribution in [2.45, 2.75) is 29.9 Å². The summed E-state index contributed by atoms with van der Waals surface area (Å²) in [6.07, 6.45) is 6.48. The van der Waals surface area contributed by atoms with Crippen LogP contribution in [0.4, 0.5) is 0 Å². The summed E-state index contributed by atoms with van der Waals surface area (Å²) in [6, 6.07) is 3.37. The van der Waals surface area contributed by atoms with Crippen molar-refractivity contribution in [1.29, 1.82) is 0 Å². The molecule has 1 aromatic rings. The lowest BCUT2D eigenvalue weighted by molar-refractivity contribution is 0.576. The van der Waals surface area contributed by atoms with Crippen molar-refractivity contribution in [1.82, 2.24) is 4.72 Å². The Balaban J connectivity index is 2.22. The minimum absolute atomic E-state index is 0.372. The summed E-state index contributed by atoms with van der Waals surface area (Å²) in [4.78, 5) is 0. The Kier molecular flexibility index (Phi) is 7.86. The average Bonchev–Trinajstić information content (AvgIpc) is 2.75. The zero-order chi connectivity index (χ0) is 13.4. The predicted octanol–water partition coefficient (Wildman–Crippen LogP) is 3.71. The maximum absolute atomic E-state index is 11.9. The third-order valence-electron chi connectivity index (χ3n) is 2.38. The van der Waals surface area contributed by atoms with E-state index in [2.05, 4.69) is 26.9 Å². The number of nitrogens with one attached hydrogen (secondary N) is 1. The number of sulfonamides is 1. The van der Waals surface area contributed by atoms with Crippen LogP contribution in [0.25, 0.3) is 0 Å². The van der Waals surface area contributed by atoms with Crippen molar-refractivity contribution in [3.63, 3.8) is 0 Å². The van der Waals surface area contributed by atoms with Crippen molar-refractivity contribution in [3.05, 3.63) is 15.9 Å². The van der Waals surface area contributed by atoms with Gasteiger partial charge in [0.25, 0.3) is 0 Å². The molecular weight excluding hydrogens is 354 g/mol. The van der Waals surface area contributed by atoms with E-state index in [9.17, 15) is 8.42 Å². The highest BCUT2D eigenvalue weighted by atomic mass is 79.9. The molecule has 0 unspecified atom stereocenters. The van der Waals surface area contributed by atoms with Gasteiger partial charge in [-0.25, -0.2) is 13.1 Å². The predicted molar refractivity (Wildman–Crippen MR) is 84.1 cm³/mol. The van der Waals surface area contributed by atoms with Gasteiger partial charge < -0.3 is 0 Å². The Hall–Kier alpha value is 0.440. The molecule has 0 atom stereocenters. The third kappa shape index (κ3) is 6.06. The summed E-state index contributed by atoms with van der Waals surface area (Å²) in [6.45, 7) is 0.525. The van der Waals surface area contributed by atoms with E-state index >= 15 is 0 Å². The maximum Gasteiger partial charge on any atom is 0.250 e. The van der Waals surface area contributed by atoms with Crippen LogP contribution in [0, 0.1) is 0 Å². The topological polar surface area (TPSA) is 46.2 Å². The molecule has 1 rings (SSSR count).